The van der Waals surface area contributed by atoms with Crippen molar-refractivity contribution in [1.82, 2.24) is 0 Å². The van der Waals surface area contributed by atoms with Crippen LogP contribution in [0.4, 0.5) is 0 Å². The third kappa shape index (κ3) is 3.90. The van der Waals surface area contributed by atoms with E-state index in [-0.39, 0.29) is 12.2 Å². The topological polar surface area (TPSA) is 91.7 Å². The minimum Gasteiger partial charge on any atom is -0.481 e. The lowest BCUT2D eigenvalue weighted by molar-refractivity contribution is -0.143. The molecule has 0 aromatic carbocycles. The Morgan fingerprint density at radius 2 is 1.52 bits per heavy atom. The van der Waals surface area contributed by atoms with Gasteiger partial charge in [0.25, 0.3) is 0 Å². The summed E-state index contributed by atoms with van der Waals surface area (Å²) >= 11 is 0. The fourth-order valence-corrected chi connectivity index (χ4v) is 9.99. The second kappa shape index (κ2) is 7.88. The Morgan fingerprint density at radius 3 is 1.81 bits per heavy atom. The van der Waals surface area contributed by atoms with Crippen molar-refractivity contribution in [1.29, 1.82) is 0 Å². The highest BCUT2D eigenvalue weighted by atomic mass is 28.3. The number of Topliss-reactive ketones (excluding diaryl/α,β-unsaturated/α-hetero) is 2. The zero-order valence-electron chi connectivity index (χ0n) is 17.8. The third-order valence-corrected chi connectivity index (χ3v) is 12.7. The van der Waals surface area contributed by atoms with Gasteiger partial charge in [0.2, 0.25) is 0 Å². The molecule has 0 unspecified atom stereocenters. The van der Waals surface area contributed by atoms with Gasteiger partial charge >= 0.3 is 5.97 Å². The van der Waals surface area contributed by atoms with Crippen LogP contribution in [0.5, 0.6) is 0 Å². The first-order valence-corrected chi connectivity index (χ1v) is 11.9. The summed E-state index contributed by atoms with van der Waals surface area (Å²) in [5.74, 6) is 1.08. The maximum atomic E-state index is 13.1. The van der Waals surface area contributed by atoms with Gasteiger partial charge < -0.3 is 10.2 Å². The second-order valence-corrected chi connectivity index (χ2v) is 14.9. The van der Waals surface area contributed by atoms with Crippen LogP contribution in [0.1, 0.15) is 68.2 Å². The van der Waals surface area contributed by atoms with Crippen LogP contribution in [0.15, 0.2) is 0 Å². The van der Waals surface area contributed by atoms with Crippen molar-refractivity contribution >= 4 is 25.6 Å². The molecule has 1 aliphatic carbocycles. The molecular formula is C21H34O5Si. The average Bonchev–Trinajstić information content (AvgIpc) is 2.67. The minimum atomic E-state index is -2.21. The molecule has 0 aliphatic heterocycles. The van der Waals surface area contributed by atoms with E-state index in [2.05, 4.69) is 53.0 Å². The van der Waals surface area contributed by atoms with Crippen LogP contribution >= 0.6 is 0 Å². The molecule has 152 valence electrons. The molecule has 5 nitrogen and oxygen atoms in total. The molecule has 2 N–H and O–H groups in total. The Bertz CT molecular complexity index is 659. The fourth-order valence-electron chi connectivity index (χ4n) is 4.68. The number of aliphatic carboxylic acids is 1. The summed E-state index contributed by atoms with van der Waals surface area (Å²) in [6.07, 6.45) is -2.33. The highest BCUT2D eigenvalue weighted by molar-refractivity contribution is 6.90. The highest BCUT2D eigenvalue weighted by Crippen LogP contribution is 2.47. The Kier molecular flexibility index (Phi) is 6.89. The molecule has 0 heterocycles. The molecule has 0 amide bonds. The molecular weight excluding hydrogens is 360 g/mol. The number of hydrogen-bond acceptors (Lipinski definition) is 4. The van der Waals surface area contributed by atoms with Gasteiger partial charge in [0, 0.05) is 6.42 Å². The smallest absolute Gasteiger partial charge is 0.306 e. The summed E-state index contributed by atoms with van der Waals surface area (Å²) in [5.41, 5.74) is 1.49. The summed E-state index contributed by atoms with van der Waals surface area (Å²) in [6.45, 7) is 15.9. The van der Waals surface area contributed by atoms with Crippen molar-refractivity contribution in [2.24, 2.45) is 10.8 Å². The third-order valence-electron chi connectivity index (χ3n) is 6.41. The SMILES string of the molecule is CC(C)[Si](C#C[C@@]1([C@@H](O)CC(=O)O)CC(=O)C(C)(C)C1=O)(C(C)C)C(C)C. The summed E-state index contributed by atoms with van der Waals surface area (Å²) in [7, 11) is -2.21. The average molecular weight is 395 g/mol. The summed E-state index contributed by atoms with van der Waals surface area (Å²) in [5, 5.41) is 19.8. The first-order valence-electron chi connectivity index (χ1n) is 9.68. The number of carbonyl (C=O) groups is 3. The maximum Gasteiger partial charge on any atom is 0.306 e. The van der Waals surface area contributed by atoms with Crippen molar-refractivity contribution in [2.75, 3.05) is 0 Å². The van der Waals surface area contributed by atoms with Gasteiger partial charge in [0.1, 0.15) is 19.3 Å². The Morgan fingerprint density at radius 1 is 1.07 bits per heavy atom. The van der Waals surface area contributed by atoms with E-state index in [9.17, 15) is 19.5 Å². The Hall–Kier alpha value is -1.45. The van der Waals surface area contributed by atoms with Crippen LogP contribution in [0.3, 0.4) is 0 Å². The zero-order valence-corrected chi connectivity index (χ0v) is 18.8. The summed E-state index contributed by atoms with van der Waals surface area (Å²) in [6, 6.07) is 0. The monoisotopic (exact) mass is 394 g/mol. The standard InChI is InChI=1S/C21H34O5Si/c1-13(2)27(14(3)4,15(5)6)10-9-21(16(22)11-18(24)25)12-17(23)20(7,8)19(21)26/h13-16,22H,11-12H2,1-8H3,(H,24,25)/t16-,21-/m0/s1. The van der Waals surface area contributed by atoms with Gasteiger partial charge in [-0.2, -0.15) is 0 Å². The Balaban J connectivity index is 3.67. The fraction of sp³-hybridized carbons (Fsp3) is 0.762. The van der Waals surface area contributed by atoms with Gasteiger partial charge in [-0.15, -0.1) is 5.54 Å². The molecule has 6 heteroatoms. The number of carboxylic acids is 1. The lowest BCUT2D eigenvalue weighted by atomic mass is 9.75. The van der Waals surface area contributed by atoms with Gasteiger partial charge in [-0.1, -0.05) is 47.5 Å². The molecule has 0 spiro atoms. The maximum absolute atomic E-state index is 13.1. The van der Waals surface area contributed by atoms with Crippen molar-refractivity contribution in [3.05, 3.63) is 0 Å². The molecule has 2 atom stereocenters. The van der Waals surface area contributed by atoms with E-state index in [0.717, 1.165) is 0 Å². The van der Waals surface area contributed by atoms with Crippen LogP contribution in [0, 0.1) is 22.3 Å². The Labute approximate surface area is 163 Å². The van der Waals surface area contributed by atoms with E-state index in [1.54, 1.807) is 0 Å². The number of aliphatic hydroxyl groups is 1. The van der Waals surface area contributed by atoms with Crippen LogP contribution < -0.4 is 0 Å². The number of ketones is 2. The first kappa shape index (κ1) is 23.6. The molecule has 0 aromatic heterocycles. The summed E-state index contributed by atoms with van der Waals surface area (Å²) < 4.78 is 0. The molecule has 0 bridgehead atoms. The molecule has 27 heavy (non-hydrogen) atoms. The number of carboxylic acid groups (broad SMARTS) is 1. The molecule has 0 aromatic rings. The molecule has 1 saturated carbocycles. The van der Waals surface area contributed by atoms with E-state index in [1.807, 2.05) is 0 Å². The van der Waals surface area contributed by atoms with E-state index >= 15 is 0 Å². The predicted octanol–water partition coefficient (Wildman–Crippen LogP) is 3.60. The van der Waals surface area contributed by atoms with Gasteiger partial charge in [0.05, 0.1) is 17.9 Å². The lowest BCUT2D eigenvalue weighted by Gasteiger charge is -2.39. The van der Waals surface area contributed by atoms with Gasteiger partial charge in [-0.3, -0.25) is 14.4 Å². The quantitative estimate of drug-likeness (QED) is 0.408. The van der Waals surface area contributed by atoms with Crippen molar-refractivity contribution < 1.29 is 24.6 Å². The van der Waals surface area contributed by atoms with E-state index in [0.29, 0.717) is 16.6 Å². The largest absolute Gasteiger partial charge is 0.481 e. The van der Waals surface area contributed by atoms with Gasteiger partial charge in [-0.05, 0) is 30.5 Å². The molecule has 0 radical (unpaired) electrons. The first-order chi connectivity index (χ1) is 12.2. The van der Waals surface area contributed by atoms with Crippen molar-refractivity contribution in [3.63, 3.8) is 0 Å². The molecule has 1 aliphatic rings. The number of aliphatic hydroxyl groups excluding tert-OH is 1. The van der Waals surface area contributed by atoms with Crippen LogP contribution in [0.25, 0.3) is 0 Å². The second-order valence-electron chi connectivity index (χ2n) is 9.29. The van der Waals surface area contributed by atoms with Crippen molar-refractivity contribution in [2.45, 2.75) is 91.0 Å². The van der Waals surface area contributed by atoms with Crippen LogP contribution in [0.2, 0.25) is 16.6 Å². The van der Waals surface area contributed by atoms with Crippen LogP contribution in [-0.2, 0) is 14.4 Å². The lowest BCUT2D eigenvalue weighted by Crippen LogP contribution is -2.46. The zero-order chi connectivity index (χ0) is 21.4. The molecule has 0 saturated heterocycles. The molecule has 1 rings (SSSR count). The predicted molar refractivity (Wildman–Crippen MR) is 108 cm³/mol. The number of rotatable bonds is 6. The number of carbonyl (C=O) groups excluding carboxylic acids is 2. The van der Waals surface area contributed by atoms with Gasteiger partial charge in [-0.25, -0.2) is 0 Å². The van der Waals surface area contributed by atoms with E-state index < -0.39 is 43.2 Å². The summed E-state index contributed by atoms with van der Waals surface area (Å²) in [4.78, 5) is 36.8. The van der Waals surface area contributed by atoms with Gasteiger partial charge in [0.15, 0.2) is 5.78 Å². The van der Waals surface area contributed by atoms with Crippen LogP contribution in [-0.4, -0.2) is 41.9 Å². The van der Waals surface area contributed by atoms with E-state index in [1.165, 1.54) is 13.8 Å². The highest BCUT2D eigenvalue weighted by Gasteiger charge is 2.60. The van der Waals surface area contributed by atoms with E-state index in [4.69, 9.17) is 5.11 Å². The normalized spacial score (nSPS) is 23.7. The molecule has 1 fully saturated rings. The van der Waals surface area contributed by atoms with Crippen molar-refractivity contribution in [3.8, 4) is 11.5 Å². The minimum absolute atomic E-state index is 0.223. The number of hydrogen-bond donors (Lipinski definition) is 2.